The number of alkyl halides is 6. The first-order valence-corrected chi connectivity index (χ1v) is 12.8. The second kappa shape index (κ2) is 15.5. The number of nitrogens with two attached hydrogens (primary N) is 1. The van der Waals surface area contributed by atoms with Gasteiger partial charge in [-0.1, -0.05) is 12.5 Å². The lowest BCUT2D eigenvalue weighted by molar-refractivity contribution is -0.137. The number of allylic oxidation sites excluding steroid dienone is 5. The van der Waals surface area contributed by atoms with Crippen molar-refractivity contribution < 1.29 is 26.3 Å². The van der Waals surface area contributed by atoms with E-state index in [0.29, 0.717) is 29.5 Å². The van der Waals surface area contributed by atoms with Gasteiger partial charge in [0.1, 0.15) is 11.9 Å². The molecule has 0 saturated carbocycles. The number of dihydropyridines is 1. The molecule has 1 fully saturated rings. The van der Waals surface area contributed by atoms with Crippen LogP contribution in [0.15, 0.2) is 81.7 Å². The topological polar surface area (TPSA) is 78.0 Å². The summed E-state index contributed by atoms with van der Waals surface area (Å²) >= 11 is 0. The van der Waals surface area contributed by atoms with Crippen LogP contribution in [0.4, 0.5) is 32.0 Å². The highest BCUT2D eigenvalue weighted by molar-refractivity contribution is 6.06. The van der Waals surface area contributed by atoms with Crippen molar-refractivity contribution in [2.45, 2.75) is 44.1 Å². The molecule has 0 radical (unpaired) electrons. The summed E-state index contributed by atoms with van der Waals surface area (Å²) in [5.74, 6) is 0.871. The summed E-state index contributed by atoms with van der Waals surface area (Å²) in [5, 5.41) is 6.29. The molecule has 1 unspecified atom stereocenters. The lowest BCUT2D eigenvalue weighted by atomic mass is 9.98. The molecule has 12 heteroatoms. The molecular formula is C30H32F6N6. The number of nitrogens with one attached hydrogen (secondary N) is 2. The normalized spacial score (nSPS) is 20.3. The van der Waals surface area contributed by atoms with Crippen LogP contribution in [0.5, 0.6) is 0 Å². The third kappa shape index (κ3) is 9.60. The molecule has 4 N–H and O–H groups in total. The maximum absolute atomic E-state index is 13.5. The molecule has 1 aromatic rings. The first-order valence-electron chi connectivity index (χ1n) is 12.8. The van der Waals surface area contributed by atoms with E-state index in [9.17, 15) is 26.3 Å². The van der Waals surface area contributed by atoms with Gasteiger partial charge in [0.15, 0.2) is 5.84 Å². The van der Waals surface area contributed by atoms with Gasteiger partial charge >= 0.3 is 12.4 Å². The summed E-state index contributed by atoms with van der Waals surface area (Å²) < 4.78 is 79.4. The minimum Gasteiger partial charge on any atom is -0.405 e. The zero-order valence-corrected chi connectivity index (χ0v) is 22.7. The Kier molecular flexibility index (Phi) is 12.5. The van der Waals surface area contributed by atoms with Crippen LogP contribution in [0.3, 0.4) is 0 Å². The number of hydrogen-bond acceptors (Lipinski definition) is 5. The van der Waals surface area contributed by atoms with Crippen LogP contribution >= 0.6 is 0 Å². The summed E-state index contributed by atoms with van der Waals surface area (Å²) in [5.41, 5.74) is 4.88. The number of halogens is 6. The lowest BCUT2D eigenvalue weighted by Gasteiger charge is -2.33. The summed E-state index contributed by atoms with van der Waals surface area (Å²) in [7, 11) is 0. The van der Waals surface area contributed by atoms with Crippen LogP contribution in [0.1, 0.15) is 31.2 Å². The Balaban J connectivity index is 0.00000148. The molecule has 0 bridgehead atoms. The number of benzene rings is 1. The van der Waals surface area contributed by atoms with Crippen LogP contribution in [-0.4, -0.2) is 48.4 Å². The highest BCUT2D eigenvalue weighted by Gasteiger charge is 2.35. The van der Waals surface area contributed by atoms with Gasteiger partial charge in [0.25, 0.3) is 0 Å². The second-order valence-electron chi connectivity index (χ2n) is 9.20. The highest BCUT2D eigenvalue weighted by atomic mass is 19.4. The molecule has 0 aliphatic carbocycles. The maximum Gasteiger partial charge on any atom is 0.416 e. The third-order valence-corrected chi connectivity index (χ3v) is 6.31. The SMILES string of the molecule is C#C.C#C.N/C=C\C=C(/CC1=CNC2C(=C1)NC(CN1CCCCC1)=NC2=Nc1ccc(C(F)(F)F)cc1)C(F)(F)F. The molecule has 1 saturated heterocycles. The van der Waals surface area contributed by atoms with Gasteiger partial charge in [-0.3, -0.25) is 4.90 Å². The van der Waals surface area contributed by atoms with E-state index in [1.54, 1.807) is 6.08 Å². The number of terminal acetylenes is 2. The predicted molar refractivity (Wildman–Crippen MR) is 154 cm³/mol. The first kappa shape index (κ1) is 33.8. The van der Waals surface area contributed by atoms with E-state index in [1.807, 2.05) is 0 Å². The van der Waals surface area contributed by atoms with Gasteiger partial charge < -0.3 is 16.4 Å². The molecule has 3 heterocycles. The number of rotatable bonds is 6. The Morgan fingerprint density at radius 1 is 1.02 bits per heavy atom. The lowest BCUT2D eigenvalue weighted by Crippen LogP contribution is -2.51. The zero-order chi connectivity index (χ0) is 31.3. The van der Waals surface area contributed by atoms with Crippen LogP contribution in [0.25, 0.3) is 0 Å². The Morgan fingerprint density at radius 3 is 2.24 bits per heavy atom. The minimum absolute atomic E-state index is 0.280. The van der Waals surface area contributed by atoms with Crippen molar-refractivity contribution in [3.63, 3.8) is 0 Å². The van der Waals surface area contributed by atoms with Gasteiger partial charge in [-0.05, 0) is 74.1 Å². The van der Waals surface area contributed by atoms with E-state index in [2.05, 4.69) is 51.2 Å². The van der Waals surface area contributed by atoms with E-state index < -0.39 is 29.5 Å². The van der Waals surface area contributed by atoms with E-state index in [1.165, 1.54) is 18.3 Å². The van der Waals surface area contributed by atoms with E-state index in [-0.39, 0.29) is 12.1 Å². The molecule has 3 aliphatic rings. The fraction of sp³-hybridized carbons (Fsp3) is 0.333. The van der Waals surface area contributed by atoms with Crippen molar-refractivity contribution in [3.8, 4) is 25.7 Å². The van der Waals surface area contributed by atoms with Gasteiger partial charge in [-0.2, -0.15) is 26.3 Å². The molecule has 3 aliphatic heterocycles. The van der Waals surface area contributed by atoms with Gasteiger partial charge in [-0.25, -0.2) is 9.98 Å². The monoisotopic (exact) mass is 590 g/mol. The zero-order valence-electron chi connectivity index (χ0n) is 22.7. The minimum atomic E-state index is -4.54. The molecule has 0 amide bonds. The first-order chi connectivity index (χ1) is 20.0. The number of nitrogens with zero attached hydrogens (tertiary/aromatic N) is 3. The Morgan fingerprint density at radius 2 is 1.67 bits per heavy atom. The molecule has 224 valence electrons. The van der Waals surface area contributed by atoms with Crippen LogP contribution in [0, 0.1) is 25.7 Å². The van der Waals surface area contributed by atoms with Gasteiger partial charge in [0.05, 0.1) is 17.8 Å². The summed E-state index contributed by atoms with van der Waals surface area (Å²) in [6, 6.07) is 3.81. The fourth-order valence-electron chi connectivity index (χ4n) is 4.42. The largest absolute Gasteiger partial charge is 0.416 e. The van der Waals surface area contributed by atoms with E-state index in [0.717, 1.165) is 62.8 Å². The smallest absolute Gasteiger partial charge is 0.405 e. The molecule has 0 aromatic heterocycles. The fourth-order valence-corrected chi connectivity index (χ4v) is 4.42. The average molecular weight is 591 g/mol. The Bertz CT molecular complexity index is 1270. The molecule has 4 rings (SSSR count). The molecule has 6 nitrogen and oxygen atoms in total. The number of likely N-dealkylation sites (tertiary alicyclic amines) is 1. The van der Waals surface area contributed by atoms with Crippen molar-refractivity contribution in [3.05, 3.63) is 77.3 Å². The van der Waals surface area contributed by atoms with E-state index >= 15 is 0 Å². The van der Waals surface area contributed by atoms with Crippen molar-refractivity contribution in [2.24, 2.45) is 15.7 Å². The van der Waals surface area contributed by atoms with Crippen LogP contribution in [-0.2, 0) is 6.18 Å². The van der Waals surface area contributed by atoms with Crippen molar-refractivity contribution >= 4 is 17.4 Å². The summed E-state index contributed by atoms with van der Waals surface area (Å²) in [6.45, 7) is 2.28. The third-order valence-electron chi connectivity index (χ3n) is 6.31. The van der Waals surface area contributed by atoms with Crippen molar-refractivity contribution in [2.75, 3.05) is 19.6 Å². The second-order valence-corrected chi connectivity index (χ2v) is 9.20. The quantitative estimate of drug-likeness (QED) is 0.222. The Labute approximate surface area is 241 Å². The van der Waals surface area contributed by atoms with E-state index in [4.69, 9.17) is 5.73 Å². The molecule has 42 heavy (non-hydrogen) atoms. The summed E-state index contributed by atoms with van der Waals surface area (Å²) in [4.78, 5) is 11.4. The number of piperidine rings is 1. The van der Waals surface area contributed by atoms with Gasteiger partial charge in [0.2, 0.25) is 0 Å². The number of hydrogen-bond donors (Lipinski definition) is 3. The highest BCUT2D eigenvalue weighted by Crippen LogP contribution is 2.33. The number of amidine groups is 2. The average Bonchev–Trinajstić information content (AvgIpc) is 2.97. The molecule has 1 aromatic carbocycles. The molecular weight excluding hydrogens is 558 g/mol. The predicted octanol–water partition coefficient (Wildman–Crippen LogP) is 5.81. The molecule has 1 atom stereocenters. The number of aliphatic imine (C=N–C) groups is 2. The Hall–Kier alpha value is -4.42. The number of fused-ring (bicyclic) bond motifs is 1. The van der Waals surface area contributed by atoms with Gasteiger partial charge in [-0.15, -0.1) is 25.7 Å². The maximum atomic E-state index is 13.5. The van der Waals surface area contributed by atoms with Crippen molar-refractivity contribution in [1.82, 2.24) is 15.5 Å². The van der Waals surface area contributed by atoms with Crippen molar-refractivity contribution in [1.29, 1.82) is 0 Å². The molecule has 0 spiro atoms. The summed E-state index contributed by atoms with van der Waals surface area (Å²) in [6.07, 6.45) is 16.1. The van der Waals surface area contributed by atoms with Crippen LogP contribution in [0.2, 0.25) is 0 Å². The standard InChI is InChI=1S/C26H28F6N6.2C2H2/c27-25(28,29)18-6-8-20(9-7-18)35-24-23-21(36-22(37-24)16-38-11-2-1-3-12-38)14-17(15-34-23)13-19(5-4-10-33)26(30,31)32;2*1-2/h4-10,14-15,23,34H,1-3,11-13,16,33H2,(H,35,36,37);2*1-2H/b10-4-,19-5+;;. The van der Waals surface area contributed by atoms with Gasteiger partial charge in [0, 0.05) is 23.9 Å². The van der Waals surface area contributed by atoms with Crippen LogP contribution < -0.4 is 16.4 Å².